The number of methoxy groups -OCH3 is 1. The van der Waals surface area contributed by atoms with Crippen LogP contribution >= 0.6 is 0 Å². The van der Waals surface area contributed by atoms with Crippen LogP contribution in [0.15, 0.2) is 48.2 Å². The molecule has 11 nitrogen and oxygen atoms in total. The molecule has 2 aromatic carbocycles. The van der Waals surface area contributed by atoms with Gasteiger partial charge in [-0.3, -0.25) is 9.59 Å². The number of carbonyl (C=O) groups is 2. The van der Waals surface area contributed by atoms with Crippen LogP contribution < -0.4 is 20.7 Å². The van der Waals surface area contributed by atoms with Crippen LogP contribution in [0.25, 0.3) is 22.5 Å². The number of nitrogens with two attached hydrogens (primary N) is 2. The summed E-state index contributed by atoms with van der Waals surface area (Å²) >= 11 is 0. The number of amides is 2. The number of hydrogen-bond donors (Lipinski definition) is 3. The molecule has 0 atom stereocenters. The second kappa shape index (κ2) is 11.6. The van der Waals surface area contributed by atoms with E-state index in [0.717, 1.165) is 24.4 Å². The predicted octanol–water partition coefficient (Wildman–Crippen LogP) is 2.69. The van der Waals surface area contributed by atoms with Crippen LogP contribution in [-0.4, -0.2) is 64.1 Å². The van der Waals surface area contributed by atoms with Crippen molar-refractivity contribution in [3.05, 3.63) is 76.6 Å². The molecule has 0 radical (unpaired) electrons. The van der Waals surface area contributed by atoms with Crippen molar-refractivity contribution in [2.24, 2.45) is 5.73 Å². The Bertz CT molecular complexity index is 1660. The number of halogens is 2. The quantitative estimate of drug-likeness (QED) is 0.216. The van der Waals surface area contributed by atoms with Crippen LogP contribution in [0.5, 0.6) is 11.5 Å². The molecule has 0 aliphatic carbocycles. The van der Waals surface area contributed by atoms with Crippen LogP contribution in [0.4, 0.5) is 8.78 Å². The minimum atomic E-state index is -0.811. The number of nitrogens with zero attached hydrogens (tertiary/aromatic N) is 3. The third-order valence-corrected chi connectivity index (χ3v) is 7.43. The topological polar surface area (TPSA) is 146 Å². The zero-order chi connectivity index (χ0) is 31.1. The Morgan fingerprint density at radius 2 is 1.91 bits per heavy atom. The van der Waals surface area contributed by atoms with E-state index in [0.29, 0.717) is 64.7 Å². The largest absolute Gasteiger partial charge is 0.496 e. The highest BCUT2D eigenvalue weighted by Gasteiger charge is 2.39. The lowest BCUT2D eigenvalue weighted by atomic mass is 9.95. The first kappa shape index (κ1) is 29.9. The maximum Gasteiger partial charge on any atom is 0.275 e. The van der Waals surface area contributed by atoms with E-state index < -0.39 is 23.1 Å². The van der Waals surface area contributed by atoms with Gasteiger partial charge in [-0.2, -0.15) is 10.6 Å². The van der Waals surface area contributed by atoms with Crippen molar-refractivity contribution in [2.75, 3.05) is 26.9 Å². The molecular formula is C30H32F2N5O6+. The van der Waals surface area contributed by atoms with Crippen molar-refractivity contribution < 1.29 is 43.3 Å². The summed E-state index contributed by atoms with van der Waals surface area (Å²) in [5.74, 6) is -1.95. The van der Waals surface area contributed by atoms with Crippen molar-refractivity contribution in [3.63, 3.8) is 0 Å². The van der Waals surface area contributed by atoms with Gasteiger partial charge in [0.1, 0.15) is 35.9 Å². The van der Waals surface area contributed by atoms with Gasteiger partial charge in [0, 0.05) is 35.4 Å². The Kier molecular flexibility index (Phi) is 8.06. The smallest absolute Gasteiger partial charge is 0.275 e. The molecule has 13 heteroatoms. The average molecular weight is 597 g/mol. The number of ether oxygens (including phenoxy) is 3. The van der Waals surface area contributed by atoms with E-state index in [9.17, 15) is 23.6 Å². The van der Waals surface area contributed by atoms with E-state index in [1.165, 1.54) is 17.9 Å². The van der Waals surface area contributed by atoms with Crippen molar-refractivity contribution in [1.29, 1.82) is 0 Å². The second-order valence-corrected chi connectivity index (χ2v) is 10.8. The SMILES string of the molecule is COc1cc2c(cc1/C(C)=C/C(=C\[NH2+]O)C(N)=O)-c1c(c(C(=O)N3CCOCC3(C)C)nn1-c1cc(F)cc(F)c1)CO2. The predicted molar refractivity (Wildman–Crippen MR) is 150 cm³/mol. The molecule has 5 rings (SSSR count). The lowest BCUT2D eigenvalue weighted by Crippen LogP contribution is -2.74. The highest BCUT2D eigenvalue weighted by atomic mass is 19.1. The normalized spacial score (nSPS) is 16.3. The number of hydroxylamine groups is 1. The number of quaternary nitrogens is 1. The van der Waals surface area contributed by atoms with Crippen LogP contribution in [-0.2, 0) is 16.1 Å². The monoisotopic (exact) mass is 596 g/mol. The number of aromatic nitrogens is 2. The third-order valence-electron chi connectivity index (χ3n) is 7.43. The van der Waals surface area contributed by atoms with Gasteiger partial charge in [0.05, 0.1) is 42.8 Å². The molecule has 3 heterocycles. The summed E-state index contributed by atoms with van der Waals surface area (Å²) in [6, 6.07) is 6.38. The molecule has 226 valence electrons. The van der Waals surface area contributed by atoms with Gasteiger partial charge >= 0.3 is 0 Å². The maximum atomic E-state index is 14.4. The van der Waals surface area contributed by atoms with Crippen molar-refractivity contribution in [3.8, 4) is 28.4 Å². The zero-order valence-electron chi connectivity index (χ0n) is 24.1. The molecule has 1 fully saturated rings. The fourth-order valence-corrected chi connectivity index (χ4v) is 5.33. The van der Waals surface area contributed by atoms with Crippen LogP contribution in [0.2, 0.25) is 0 Å². The maximum absolute atomic E-state index is 14.4. The lowest BCUT2D eigenvalue weighted by molar-refractivity contribution is -0.838. The zero-order valence-corrected chi connectivity index (χ0v) is 24.1. The van der Waals surface area contributed by atoms with Crippen molar-refractivity contribution in [1.82, 2.24) is 14.7 Å². The summed E-state index contributed by atoms with van der Waals surface area (Å²) in [6.45, 7) is 6.49. The molecule has 2 aliphatic rings. The van der Waals surface area contributed by atoms with Gasteiger partial charge < -0.3 is 24.8 Å². The van der Waals surface area contributed by atoms with Gasteiger partial charge in [-0.25, -0.2) is 18.7 Å². The summed E-state index contributed by atoms with van der Waals surface area (Å²) in [5, 5.41) is 13.8. The Hall–Kier alpha value is -4.59. The van der Waals surface area contributed by atoms with E-state index in [1.807, 2.05) is 13.8 Å². The number of carbonyl (C=O) groups excluding carboxylic acids is 2. The number of benzene rings is 2. The summed E-state index contributed by atoms with van der Waals surface area (Å²) in [6.07, 6.45) is 2.65. The summed E-state index contributed by atoms with van der Waals surface area (Å²) < 4.78 is 47.5. The number of morpholine rings is 1. The van der Waals surface area contributed by atoms with Gasteiger partial charge in [0.2, 0.25) is 0 Å². The number of fused-ring (bicyclic) bond motifs is 3. The van der Waals surface area contributed by atoms with E-state index in [2.05, 4.69) is 5.10 Å². The molecule has 0 saturated carbocycles. The molecule has 1 saturated heterocycles. The van der Waals surface area contributed by atoms with Gasteiger partial charge in [-0.05, 0) is 50.6 Å². The standard InChI is InChI=1S/C30H31F2N5O6/c1-16(7-17(13-34-40)28(33)38)21-11-22-25(12-24(21)41-4)43-14-23-26(29(39)36-5-6-42-15-30(36,2)3)35-37(27(22)23)20-9-18(31)8-19(32)10-20/h7-13,34,40H,5-6,14-15H2,1-4H3,(H2,33,38)/p+1/b16-7+,17-13+. The first-order chi connectivity index (χ1) is 20.4. The Morgan fingerprint density at radius 3 is 2.53 bits per heavy atom. The number of primary amides is 1. The van der Waals surface area contributed by atoms with Crippen LogP contribution in [0, 0.1) is 11.6 Å². The molecule has 1 aromatic heterocycles. The van der Waals surface area contributed by atoms with E-state index >= 15 is 0 Å². The molecule has 2 amide bonds. The molecule has 5 N–H and O–H groups in total. The summed E-state index contributed by atoms with van der Waals surface area (Å²) in [7, 11) is 1.47. The van der Waals surface area contributed by atoms with Crippen LogP contribution in [0.1, 0.15) is 42.4 Å². The van der Waals surface area contributed by atoms with Crippen molar-refractivity contribution >= 4 is 17.4 Å². The van der Waals surface area contributed by atoms with Gasteiger partial charge in [0.15, 0.2) is 5.69 Å². The van der Waals surface area contributed by atoms with Gasteiger partial charge in [-0.1, -0.05) is 0 Å². The molecule has 3 aromatic rings. The summed E-state index contributed by atoms with van der Waals surface area (Å²) in [5.41, 5.74) is 8.15. The van der Waals surface area contributed by atoms with E-state index in [-0.39, 0.29) is 29.5 Å². The number of allylic oxidation sites excluding steroid dienone is 1. The highest BCUT2D eigenvalue weighted by Crippen LogP contribution is 2.45. The third kappa shape index (κ3) is 5.61. The van der Waals surface area contributed by atoms with Gasteiger partial charge in [0.25, 0.3) is 11.8 Å². The van der Waals surface area contributed by atoms with E-state index in [4.69, 9.17) is 19.9 Å². The molecule has 2 aliphatic heterocycles. The minimum Gasteiger partial charge on any atom is -0.496 e. The van der Waals surface area contributed by atoms with Gasteiger partial charge in [-0.15, -0.1) is 0 Å². The molecule has 0 bridgehead atoms. The first-order valence-corrected chi connectivity index (χ1v) is 13.4. The highest BCUT2D eigenvalue weighted by molar-refractivity contribution is 5.98. The second-order valence-electron chi connectivity index (χ2n) is 10.8. The summed E-state index contributed by atoms with van der Waals surface area (Å²) in [4.78, 5) is 27.6. The Labute approximate surface area is 246 Å². The van der Waals surface area contributed by atoms with Crippen molar-refractivity contribution in [2.45, 2.75) is 32.9 Å². The molecule has 43 heavy (non-hydrogen) atoms. The lowest BCUT2D eigenvalue weighted by Gasteiger charge is -2.41. The minimum absolute atomic E-state index is 0.0375. The first-order valence-electron chi connectivity index (χ1n) is 13.4. The fraction of sp³-hybridized carbons (Fsp3) is 0.300. The average Bonchev–Trinajstić information content (AvgIpc) is 3.35. The van der Waals surface area contributed by atoms with E-state index in [1.54, 1.807) is 24.0 Å². The molecule has 0 spiro atoms. The molecular weight excluding hydrogens is 564 g/mol. The van der Waals surface area contributed by atoms with Crippen LogP contribution in [0.3, 0.4) is 0 Å². The molecule has 0 unspecified atom stereocenters. The number of hydrogen-bond acceptors (Lipinski definition) is 7. The Balaban J connectivity index is 1.75. The number of rotatable bonds is 7. The Morgan fingerprint density at radius 1 is 1.19 bits per heavy atom. The fourth-order valence-electron chi connectivity index (χ4n) is 5.33.